The molecule has 30 heavy (non-hydrogen) atoms. The van der Waals surface area contributed by atoms with Crippen LogP contribution in [-0.2, 0) is 9.53 Å². The van der Waals surface area contributed by atoms with E-state index in [-0.39, 0.29) is 11.8 Å². The maximum atomic E-state index is 12.9. The number of rotatable bonds is 4. The molecule has 4 rings (SSSR count). The van der Waals surface area contributed by atoms with E-state index in [1.807, 2.05) is 55.5 Å². The Labute approximate surface area is 176 Å². The van der Waals surface area contributed by atoms with Crippen LogP contribution < -0.4 is 10.1 Å². The van der Waals surface area contributed by atoms with Gasteiger partial charge in [-0.2, -0.15) is 0 Å². The van der Waals surface area contributed by atoms with Crippen molar-refractivity contribution in [3.8, 4) is 5.75 Å². The third kappa shape index (κ3) is 4.58. The van der Waals surface area contributed by atoms with E-state index in [2.05, 4.69) is 10.2 Å². The summed E-state index contributed by atoms with van der Waals surface area (Å²) in [4.78, 5) is 24.6. The van der Waals surface area contributed by atoms with E-state index < -0.39 is 0 Å². The van der Waals surface area contributed by atoms with Gasteiger partial charge in [0, 0.05) is 18.8 Å². The van der Waals surface area contributed by atoms with Crippen LogP contribution in [0.1, 0.15) is 18.4 Å². The molecule has 1 fully saturated rings. The highest BCUT2D eigenvalue weighted by Crippen LogP contribution is 2.34. The average Bonchev–Trinajstić information content (AvgIpc) is 2.89. The number of methoxy groups -OCH3 is 1. The van der Waals surface area contributed by atoms with Gasteiger partial charge in [0.2, 0.25) is 5.91 Å². The molecule has 2 heterocycles. The molecule has 0 bridgehead atoms. The molecule has 0 aliphatic carbocycles. The Morgan fingerprint density at radius 1 is 1.10 bits per heavy atom. The molecule has 156 valence electrons. The van der Waals surface area contributed by atoms with Gasteiger partial charge in [-0.1, -0.05) is 24.3 Å². The van der Waals surface area contributed by atoms with Gasteiger partial charge in [0.15, 0.2) is 0 Å². The SMILES string of the molecule is COc1ccc(C2C(C)=Nc3ccccc3N=C2NC(=O)CN2CCOCC2)cc1. The van der Waals surface area contributed by atoms with Crippen molar-refractivity contribution in [2.75, 3.05) is 40.0 Å². The predicted molar refractivity (Wildman–Crippen MR) is 117 cm³/mol. The number of aliphatic imine (C=N–C) groups is 2. The maximum absolute atomic E-state index is 12.9. The summed E-state index contributed by atoms with van der Waals surface area (Å²) in [5, 5.41) is 3.07. The molecule has 1 unspecified atom stereocenters. The van der Waals surface area contributed by atoms with Crippen LogP contribution >= 0.6 is 0 Å². The number of fused-ring (bicyclic) bond motifs is 1. The zero-order chi connectivity index (χ0) is 20.9. The fraction of sp³-hybridized carbons (Fsp3) is 0.348. The van der Waals surface area contributed by atoms with Crippen LogP contribution in [0.2, 0.25) is 0 Å². The van der Waals surface area contributed by atoms with Gasteiger partial charge in [-0.05, 0) is 36.8 Å². The van der Waals surface area contributed by atoms with Crippen LogP contribution in [0, 0.1) is 0 Å². The summed E-state index contributed by atoms with van der Waals surface area (Å²) >= 11 is 0. The van der Waals surface area contributed by atoms with Crippen molar-refractivity contribution in [1.82, 2.24) is 10.2 Å². The molecular weight excluding hydrogens is 380 g/mol. The fourth-order valence-electron chi connectivity index (χ4n) is 3.74. The van der Waals surface area contributed by atoms with E-state index in [1.165, 1.54) is 0 Å². The van der Waals surface area contributed by atoms with Crippen molar-refractivity contribution in [1.29, 1.82) is 0 Å². The van der Waals surface area contributed by atoms with E-state index in [0.29, 0.717) is 25.6 Å². The Balaban J connectivity index is 1.65. The number of nitrogens with zero attached hydrogens (tertiary/aromatic N) is 3. The minimum Gasteiger partial charge on any atom is -0.497 e. The zero-order valence-corrected chi connectivity index (χ0v) is 17.3. The Kier molecular flexibility index (Phi) is 6.21. The monoisotopic (exact) mass is 406 g/mol. The second-order valence-corrected chi connectivity index (χ2v) is 7.38. The molecule has 0 radical (unpaired) electrons. The second-order valence-electron chi connectivity index (χ2n) is 7.38. The number of para-hydroxylation sites is 2. The first-order valence-corrected chi connectivity index (χ1v) is 10.1. The lowest BCUT2D eigenvalue weighted by atomic mass is 9.93. The molecule has 0 saturated carbocycles. The fourth-order valence-corrected chi connectivity index (χ4v) is 3.74. The first-order chi connectivity index (χ1) is 14.6. The standard InChI is InChI=1S/C23H26N4O3/c1-16-22(17-7-9-18(29-2)10-8-17)23(25-20-6-4-3-5-19(20)24-16)26-21(28)15-27-11-13-30-14-12-27/h3-10,22H,11-15H2,1-2H3,(H,25,26,28). The number of amidine groups is 1. The van der Waals surface area contributed by atoms with Gasteiger partial charge in [0.25, 0.3) is 0 Å². The second kappa shape index (κ2) is 9.19. The topological polar surface area (TPSA) is 75.5 Å². The molecule has 0 aromatic heterocycles. The molecule has 1 saturated heterocycles. The predicted octanol–water partition coefficient (Wildman–Crippen LogP) is 3.06. The quantitative estimate of drug-likeness (QED) is 0.847. The van der Waals surface area contributed by atoms with Gasteiger partial charge in [-0.15, -0.1) is 0 Å². The summed E-state index contributed by atoms with van der Waals surface area (Å²) in [5.74, 6) is 1.03. The molecule has 2 aliphatic heterocycles. The van der Waals surface area contributed by atoms with Crippen molar-refractivity contribution >= 4 is 28.8 Å². The van der Waals surface area contributed by atoms with Gasteiger partial charge in [0.05, 0.1) is 44.2 Å². The molecule has 1 atom stereocenters. The van der Waals surface area contributed by atoms with E-state index in [9.17, 15) is 4.79 Å². The van der Waals surface area contributed by atoms with Gasteiger partial charge < -0.3 is 14.8 Å². The van der Waals surface area contributed by atoms with E-state index in [0.717, 1.165) is 41.5 Å². The lowest BCUT2D eigenvalue weighted by molar-refractivity contribution is -0.121. The summed E-state index contributed by atoms with van der Waals surface area (Å²) in [6.07, 6.45) is 0. The molecular formula is C23H26N4O3. The summed E-state index contributed by atoms with van der Waals surface area (Å²) in [7, 11) is 1.64. The number of amides is 1. The third-order valence-electron chi connectivity index (χ3n) is 5.30. The Bertz CT molecular complexity index is 963. The van der Waals surface area contributed by atoms with Crippen LogP contribution in [0.4, 0.5) is 11.4 Å². The Morgan fingerprint density at radius 3 is 2.43 bits per heavy atom. The van der Waals surface area contributed by atoms with Gasteiger partial charge in [-0.3, -0.25) is 14.7 Å². The smallest absolute Gasteiger partial charge is 0.239 e. The first-order valence-electron chi connectivity index (χ1n) is 10.1. The van der Waals surface area contributed by atoms with Gasteiger partial charge in [0.1, 0.15) is 11.6 Å². The first kappa shape index (κ1) is 20.3. The van der Waals surface area contributed by atoms with Gasteiger partial charge in [-0.25, -0.2) is 4.99 Å². The van der Waals surface area contributed by atoms with Crippen molar-refractivity contribution < 1.29 is 14.3 Å². The van der Waals surface area contributed by atoms with Crippen LogP contribution in [0.25, 0.3) is 0 Å². The number of carbonyl (C=O) groups excluding carboxylic acids is 1. The Hall–Kier alpha value is -3.03. The molecule has 0 spiro atoms. The molecule has 2 aromatic rings. The van der Waals surface area contributed by atoms with Crippen LogP contribution in [-0.4, -0.2) is 62.3 Å². The minimum atomic E-state index is -0.253. The van der Waals surface area contributed by atoms with Crippen molar-refractivity contribution in [2.24, 2.45) is 9.98 Å². The highest BCUT2D eigenvalue weighted by molar-refractivity contribution is 6.17. The summed E-state index contributed by atoms with van der Waals surface area (Å²) < 4.78 is 10.7. The van der Waals surface area contributed by atoms with E-state index in [4.69, 9.17) is 19.5 Å². The van der Waals surface area contributed by atoms with Crippen molar-refractivity contribution in [2.45, 2.75) is 12.8 Å². The van der Waals surface area contributed by atoms with E-state index >= 15 is 0 Å². The molecule has 1 amide bonds. The largest absolute Gasteiger partial charge is 0.497 e. The molecule has 2 aromatic carbocycles. The normalized spacial score (nSPS) is 19.2. The Morgan fingerprint density at radius 2 is 1.77 bits per heavy atom. The average molecular weight is 406 g/mol. The summed E-state index contributed by atoms with van der Waals surface area (Å²) in [6.45, 7) is 5.11. The number of ether oxygens (including phenoxy) is 2. The molecule has 1 N–H and O–H groups in total. The third-order valence-corrected chi connectivity index (χ3v) is 5.30. The van der Waals surface area contributed by atoms with Crippen molar-refractivity contribution in [3.05, 3.63) is 54.1 Å². The van der Waals surface area contributed by atoms with Crippen LogP contribution in [0.3, 0.4) is 0 Å². The number of carbonyl (C=O) groups is 1. The lowest BCUT2D eigenvalue weighted by Gasteiger charge is -2.26. The minimum absolute atomic E-state index is 0.0821. The highest BCUT2D eigenvalue weighted by Gasteiger charge is 2.27. The van der Waals surface area contributed by atoms with Gasteiger partial charge >= 0.3 is 0 Å². The van der Waals surface area contributed by atoms with E-state index in [1.54, 1.807) is 7.11 Å². The van der Waals surface area contributed by atoms with Crippen LogP contribution in [0.15, 0.2) is 58.5 Å². The molecule has 2 aliphatic rings. The number of hydrogen-bond acceptors (Lipinski definition) is 6. The molecule has 7 heteroatoms. The zero-order valence-electron chi connectivity index (χ0n) is 17.3. The number of nitrogens with one attached hydrogen (secondary N) is 1. The number of hydrogen-bond donors (Lipinski definition) is 1. The highest BCUT2D eigenvalue weighted by atomic mass is 16.5. The lowest BCUT2D eigenvalue weighted by Crippen LogP contribution is -2.46. The van der Waals surface area contributed by atoms with Crippen LogP contribution in [0.5, 0.6) is 5.75 Å². The molecule has 7 nitrogen and oxygen atoms in total. The number of benzene rings is 2. The van der Waals surface area contributed by atoms with Crippen molar-refractivity contribution in [3.63, 3.8) is 0 Å². The maximum Gasteiger partial charge on any atom is 0.239 e. The number of morpholine rings is 1. The summed E-state index contributed by atoms with van der Waals surface area (Å²) in [5.41, 5.74) is 3.41. The summed E-state index contributed by atoms with van der Waals surface area (Å²) in [6, 6.07) is 15.5.